The lowest BCUT2D eigenvalue weighted by molar-refractivity contribution is -0.171. The standard InChI is InChI=1S/C15H18F2N4O3S/c1-9(22)24-20(2)15(23)21-13(4-3-7-18)25-14(19-21)11-8-10(16)5-6-12(11)17/h5-6,8,13H,3-4,7,18H2,1-2H3. The molecular formula is C15H18F2N4O3S. The van der Waals surface area contributed by atoms with Gasteiger partial charge in [0.25, 0.3) is 0 Å². The first-order chi connectivity index (χ1) is 11.8. The number of halogens is 2. The van der Waals surface area contributed by atoms with E-state index in [2.05, 4.69) is 5.10 Å². The van der Waals surface area contributed by atoms with Crippen LogP contribution in [0.25, 0.3) is 0 Å². The van der Waals surface area contributed by atoms with Crippen molar-refractivity contribution in [1.82, 2.24) is 10.1 Å². The highest BCUT2D eigenvalue weighted by Gasteiger charge is 2.35. The SMILES string of the molecule is CC(=O)ON(C)C(=O)N1N=C(c2cc(F)ccc2F)SC1CCCN. The minimum absolute atomic E-state index is 0.0341. The first-order valence-electron chi connectivity index (χ1n) is 7.49. The summed E-state index contributed by atoms with van der Waals surface area (Å²) in [5, 5.41) is 5.64. The number of amides is 2. The lowest BCUT2D eigenvalue weighted by atomic mass is 10.2. The van der Waals surface area contributed by atoms with Gasteiger partial charge in [-0.15, -0.1) is 0 Å². The van der Waals surface area contributed by atoms with E-state index >= 15 is 0 Å². The maximum Gasteiger partial charge on any atom is 0.374 e. The topological polar surface area (TPSA) is 88.2 Å². The van der Waals surface area contributed by atoms with Gasteiger partial charge in [0.2, 0.25) is 0 Å². The molecule has 0 saturated carbocycles. The number of hydrogen-bond donors (Lipinski definition) is 1. The molecule has 1 aromatic rings. The number of nitrogens with two attached hydrogens (primary N) is 1. The fraction of sp³-hybridized carbons (Fsp3) is 0.400. The van der Waals surface area contributed by atoms with E-state index in [1.165, 1.54) is 7.05 Å². The number of rotatable bonds is 4. The van der Waals surface area contributed by atoms with Crippen molar-refractivity contribution in [2.24, 2.45) is 10.8 Å². The molecule has 0 radical (unpaired) electrons. The van der Waals surface area contributed by atoms with Crippen LogP contribution in [0.5, 0.6) is 0 Å². The van der Waals surface area contributed by atoms with Gasteiger partial charge in [-0.1, -0.05) is 11.8 Å². The number of hydrazone groups is 1. The van der Waals surface area contributed by atoms with Crippen molar-refractivity contribution in [2.45, 2.75) is 25.1 Å². The Bertz CT molecular complexity index is 701. The number of carbonyl (C=O) groups excluding carboxylic acids is 2. The zero-order valence-electron chi connectivity index (χ0n) is 13.7. The summed E-state index contributed by atoms with van der Waals surface area (Å²) in [5.74, 6) is -1.92. The molecule has 1 aliphatic heterocycles. The van der Waals surface area contributed by atoms with Gasteiger partial charge in [0.15, 0.2) is 0 Å². The number of carbonyl (C=O) groups is 2. The van der Waals surface area contributed by atoms with Crippen molar-refractivity contribution < 1.29 is 23.2 Å². The van der Waals surface area contributed by atoms with Crippen LogP contribution >= 0.6 is 11.8 Å². The molecule has 0 saturated heterocycles. The third-order valence-electron chi connectivity index (χ3n) is 3.26. The van der Waals surface area contributed by atoms with Gasteiger partial charge in [-0.25, -0.2) is 13.6 Å². The van der Waals surface area contributed by atoms with Gasteiger partial charge in [-0.3, -0.25) is 4.79 Å². The number of hydrogen-bond acceptors (Lipinski definition) is 6. The molecule has 1 atom stereocenters. The van der Waals surface area contributed by atoms with E-state index < -0.39 is 29.0 Å². The Morgan fingerprint density at radius 2 is 2.16 bits per heavy atom. The second kappa shape index (κ2) is 8.26. The minimum Gasteiger partial charge on any atom is -0.337 e. The monoisotopic (exact) mass is 372 g/mol. The van der Waals surface area contributed by atoms with Crippen LogP contribution in [0.4, 0.5) is 13.6 Å². The summed E-state index contributed by atoms with van der Waals surface area (Å²) in [6, 6.07) is 2.32. The van der Waals surface area contributed by atoms with E-state index in [4.69, 9.17) is 10.6 Å². The predicted octanol–water partition coefficient (Wildman–Crippen LogP) is 2.27. The predicted molar refractivity (Wildman–Crippen MR) is 89.3 cm³/mol. The first-order valence-corrected chi connectivity index (χ1v) is 8.37. The van der Waals surface area contributed by atoms with E-state index in [0.717, 1.165) is 47.0 Å². The first kappa shape index (κ1) is 19.1. The van der Waals surface area contributed by atoms with Crippen molar-refractivity contribution in [1.29, 1.82) is 0 Å². The number of nitrogens with zero attached hydrogens (tertiary/aromatic N) is 3. The summed E-state index contributed by atoms with van der Waals surface area (Å²) in [4.78, 5) is 28.2. The molecule has 7 nitrogen and oxygen atoms in total. The summed E-state index contributed by atoms with van der Waals surface area (Å²) >= 11 is 1.13. The van der Waals surface area contributed by atoms with Gasteiger partial charge in [0.05, 0.1) is 7.05 Å². The van der Waals surface area contributed by atoms with E-state index in [9.17, 15) is 18.4 Å². The molecule has 0 aliphatic carbocycles. The molecule has 0 aromatic heterocycles. The van der Waals surface area contributed by atoms with Crippen molar-refractivity contribution >= 4 is 28.8 Å². The molecule has 2 rings (SSSR count). The van der Waals surface area contributed by atoms with Crippen LogP contribution in [0.15, 0.2) is 23.3 Å². The maximum absolute atomic E-state index is 14.0. The summed E-state index contributed by atoms with van der Waals surface area (Å²) in [7, 11) is 1.27. The molecule has 2 amide bonds. The Morgan fingerprint density at radius 3 is 2.80 bits per heavy atom. The van der Waals surface area contributed by atoms with Gasteiger partial charge in [0, 0.05) is 12.5 Å². The second-order valence-electron chi connectivity index (χ2n) is 5.24. The van der Waals surface area contributed by atoms with Crippen LogP contribution < -0.4 is 5.73 Å². The van der Waals surface area contributed by atoms with Crippen molar-refractivity contribution in [3.63, 3.8) is 0 Å². The average molecular weight is 372 g/mol. The Morgan fingerprint density at radius 1 is 1.44 bits per heavy atom. The molecule has 1 unspecified atom stereocenters. The minimum atomic E-state index is -0.698. The summed E-state index contributed by atoms with van der Waals surface area (Å²) in [5.41, 5.74) is 5.47. The molecule has 2 N–H and O–H groups in total. The number of hydroxylamine groups is 2. The Balaban J connectivity index is 2.29. The highest BCUT2D eigenvalue weighted by Crippen LogP contribution is 2.34. The molecule has 1 aliphatic rings. The lowest BCUT2D eigenvalue weighted by Crippen LogP contribution is -2.41. The second-order valence-corrected chi connectivity index (χ2v) is 6.41. The van der Waals surface area contributed by atoms with E-state index in [1.54, 1.807) is 0 Å². The zero-order valence-corrected chi connectivity index (χ0v) is 14.6. The molecule has 0 fully saturated rings. The summed E-state index contributed by atoms with van der Waals surface area (Å²) in [6.45, 7) is 1.56. The molecule has 25 heavy (non-hydrogen) atoms. The van der Waals surface area contributed by atoms with Crippen LogP contribution in [0.1, 0.15) is 25.3 Å². The number of urea groups is 1. The van der Waals surface area contributed by atoms with Crippen LogP contribution in [-0.2, 0) is 9.63 Å². The summed E-state index contributed by atoms with van der Waals surface area (Å²) < 4.78 is 27.4. The Hall–Kier alpha value is -2.20. The van der Waals surface area contributed by atoms with Gasteiger partial charge in [-0.2, -0.15) is 15.2 Å². The van der Waals surface area contributed by atoms with E-state index in [1.807, 2.05) is 0 Å². The average Bonchev–Trinajstić information content (AvgIpc) is 2.97. The van der Waals surface area contributed by atoms with Crippen molar-refractivity contribution in [2.75, 3.05) is 13.6 Å². The van der Waals surface area contributed by atoms with Crippen LogP contribution in [0, 0.1) is 11.6 Å². The van der Waals surface area contributed by atoms with E-state index in [-0.39, 0.29) is 10.6 Å². The van der Waals surface area contributed by atoms with Crippen molar-refractivity contribution in [3.05, 3.63) is 35.4 Å². The Labute approximate surface area is 147 Å². The third kappa shape index (κ3) is 4.67. The molecular weight excluding hydrogens is 354 g/mol. The zero-order chi connectivity index (χ0) is 18.6. The Kier molecular flexibility index (Phi) is 6.32. The highest BCUT2D eigenvalue weighted by atomic mass is 32.2. The molecule has 0 bridgehead atoms. The van der Waals surface area contributed by atoms with Gasteiger partial charge >= 0.3 is 12.0 Å². The van der Waals surface area contributed by atoms with Crippen LogP contribution in [-0.4, -0.2) is 46.1 Å². The fourth-order valence-electron chi connectivity index (χ4n) is 2.16. The highest BCUT2D eigenvalue weighted by molar-refractivity contribution is 8.15. The van der Waals surface area contributed by atoms with Gasteiger partial charge in [-0.05, 0) is 37.6 Å². The fourth-order valence-corrected chi connectivity index (χ4v) is 3.36. The maximum atomic E-state index is 14.0. The number of thioether (sulfide) groups is 1. The van der Waals surface area contributed by atoms with Crippen LogP contribution in [0.3, 0.4) is 0 Å². The van der Waals surface area contributed by atoms with Gasteiger partial charge < -0.3 is 10.6 Å². The molecule has 0 spiro atoms. The van der Waals surface area contributed by atoms with Crippen LogP contribution in [0.2, 0.25) is 0 Å². The normalized spacial score (nSPS) is 16.6. The third-order valence-corrected chi connectivity index (χ3v) is 4.50. The lowest BCUT2D eigenvalue weighted by Gasteiger charge is -2.24. The molecule has 1 aromatic carbocycles. The van der Waals surface area contributed by atoms with Crippen molar-refractivity contribution in [3.8, 4) is 0 Å². The summed E-state index contributed by atoms with van der Waals surface area (Å²) in [6.07, 6.45) is 1.10. The smallest absolute Gasteiger partial charge is 0.337 e. The number of benzene rings is 1. The molecule has 136 valence electrons. The van der Waals surface area contributed by atoms with E-state index in [0.29, 0.717) is 19.4 Å². The molecule has 10 heteroatoms. The molecule has 1 heterocycles. The quantitative estimate of drug-likeness (QED) is 0.819. The largest absolute Gasteiger partial charge is 0.374 e. The van der Waals surface area contributed by atoms with Gasteiger partial charge in [0.1, 0.15) is 22.1 Å².